The summed E-state index contributed by atoms with van der Waals surface area (Å²) in [4.78, 5) is 10.8. The maximum atomic E-state index is 10.8. The molecule has 1 aliphatic heterocycles. The number of rotatable bonds is 1. The lowest BCUT2D eigenvalue weighted by molar-refractivity contribution is -0.141. The standard InChI is InChI=1S/C8H12O3/c9-4-5-1-2-7-6(5)3-8(10)11-7/h5-7,9H,1-4H2. The molecule has 3 unspecified atom stereocenters. The summed E-state index contributed by atoms with van der Waals surface area (Å²) in [6.07, 6.45) is 2.61. The average Bonchev–Trinajstić information content (AvgIpc) is 2.45. The van der Waals surface area contributed by atoms with Crippen molar-refractivity contribution >= 4 is 5.97 Å². The molecule has 0 aromatic carbocycles. The van der Waals surface area contributed by atoms with Crippen LogP contribution in [0.2, 0.25) is 0 Å². The van der Waals surface area contributed by atoms with Crippen LogP contribution >= 0.6 is 0 Å². The minimum atomic E-state index is -0.0850. The van der Waals surface area contributed by atoms with Gasteiger partial charge >= 0.3 is 5.97 Å². The first kappa shape index (κ1) is 7.10. The highest BCUT2D eigenvalue weighted by Gasteiger charge is 2.44. The normalized spacial score (nSPS) is 42.3. The monoisotopic (exact) mass is 156 g/mol. The number of carbonyl (C=O) groups excluding carboxylic acids is 1. The highest BCUT2D eigenvalue weighted by molar-refractivity contribution is 5.72. The number of hydrogen-bond donors (Lipinski definition) is 1. The van der Waals surface area contributed by atoms with Crippen molar-refractivity contribution in [2.24, 2.45) is 11.8 Å². The number of aliphatic hydroxyl groups is 1. The van der Waals surface area contributed by atoms with Crippen LogP contribution in [0.5, 0.6) is 0 Å². The van der Waals surface area contributed by atoms with E-state index in [0.29, 0.717) is 18.3 Å². The van der Waals surface area contributed by atoms with Crippen molar-refractivity contribution in [3.05, 3.63) is 0 Å². The summed E-state index contributed by atoms with van der Waals surface area (Å²) in [5, 5.41) is 8.93. The third-order valence-electron chi connectivity index (χ3n) is 2.82. The van der Waals surface area contributed by atoms with E-state index in [4.69, 9.17) is 9.84 Å². The first-order valence-electron chi connectivity index (χ1n) is 4.11. The lowest BCUT2D eigenvalue weighted by atomic mass is 9.94. The number of aliphatic hydroxyl groups excluding tert-OH is 1. The SMILES string of the molecule is O=C1CC2C(CO)CCC2O1. The molecule has 0 bridgehead atoms. The third kappa shape index (κ3) is 1.03. The number of fused-ring (bicyclic) bond motifs is 1. The van der Waals surface area contributed by atoms with Crippen molar-refractivity contribution in [3.63, 3.8) is 0 Å². The van der Waals surface area contributed by atoms with Crippen molar-refractivity contribution in [1.82, 2.24) is 0 Å². The van der Waals surface area contributed by atoms with Crippen LogP contribution in [-0.2, 0) is 9.53 Å². The Balaban J connectivity index is 2.07. The second kappa shape index (κ2) is 2.48. The van der Waals surface area contributed by atoms with Gasteiger partial charge in [0.1, 0.15) is 6.10 Å². The second-order valence-corrected chi connectivity index (χ2v) is 3.42. The zero-order valence-electron chi connectivity index (χ0n) is 6.32. The van der Waals surface area contributed by atoms with E-state index < -0.39 is 0 Å². The fourth-order valence-corrected chi connectivity index (χ4v) is 2.19. The molecule has 3 atom stereocenters. The smallest absolute Gasteiger partial charge is 0.306 e. The first-order valence-corrected chi connectivity index (χ1v) is 4.11. The lowest BCUT2D eigenvalue weighted by Crippen LogP contribution is -2.16. The molecule has 11 heavy (non-hydrogen) atoms. The van der Waals surface area contributed by atoms with Gasteiger partial charge in [0.2, 0.25) is 0 Å². The van der Waals surface area contributed by atoms with Gasteiger partial charge in [0.05, 0.1) is 6.42 Å². The van der Waals surface area contributed by atoms with Gasteiger partial charge in [-0.25, -0.2) is 0 Å². The summed E-state index contributed by atoms with van der Waals surface area (Å²) in [5.74, 6) is 0.539. The van der Waals surface area contributed by atoms with E-state index in [1.807, 2.05) is 0 Å². The van der Waals surface area contributed by atoms with Crippen LogP contribution in [0.3, 0.4) is 0 Å². The molecule has 0 amide bonds. The maximum Gasteiger partial charge on any atom is 0.306 e. The van der Waals surface area contributed by atoms with Crippen molar-refractivity contribution in [2.75, 3.05) is 6.61 Å². The second-order valence-electron chi connectivity index (χ2n) is 3.42. The van der Waals surface area contributed by atoms with Gasteiger partial charge in [-0.05, 0) is 18.8 Å². The molecule has 0 radical (unpaired) electrons. The molecule has 1 saturated heterocycles. The molecule has 1 saturated carbocycles. The fraction of sp³-hybridized carbons (Fsp3) is 0.875. The Morgan fingerprint density at radius 1 is 1.55 bits per heavy atom. The predicted molar refractivity (Wildman–Crippen MR) is 37.8 cm³/mol. The topological polar surface area (TPSA) is 46.5 Å². The van der Waals surface area contributed by atoms with Crippen LogP contribution in [0.4, 0.5) is 0 Å². The molecule has 0 aromatic heterocycles. The van der Waals surface area contributed by atoms with Crippen LogP contribution in [0.15, 0.2) is 0 Å². The van der Waals surface area contributed by atoms with E-state index in [0.717, 1.165) is 12.8 Å². The van der Waals surface area contributed by atoms with E-state index >= 15 is 0 Å². The Kier molecular flexibility index (Phi) is 1.60. The van der Waals surface area contributed by atoms with Crippen LogP contribution in [0.25, 0.3) is 0 Å². The zero-order chi connectivity index (χ0) is 7.84. The van der Waals surface area contributed by atoms with Crippen LogP contribution in [-0.4, -0.2) is 23.8 Å². The number of esters is 1. The van der Waals surface area contributed by atoms with Crippen LogP contribution in [0, 0.1) is 11.8 Å². The fourth-order valence-electron chi connectivity index (χ4n) is 2.19. The van der Waals surface area contributed by atoms with Crippen molar-refractivity contribution in [1.29, 1.82) is 0 Å². The van der Waals surface area contributed by atoms with Crippen LogP contribution < -0.4 is 0 Å². The van der Waals surface area contributed by atoms with E-state index in [2.05, 4.69) is 0 Å². The van der Waals surface area contributed by atoms with E-state index in [9.17, 15) is 4.79 Å². The molecule has 2 rings (SSSR count). The summed E-state index contributed by atoms with van der Waals surface area (Å²) in [6.45, 7) is 0.206. The highest BCUT2D eigenvalue weighted by atomic mass is 16.6. The molecule has 1 heterocycles. The molecule has 3 heteroatoms. The molecule has 2 fully saturated rings. The lowest BCUT2D eigenvalue weighted by Gasteiger charge is -2.11. The number of carbonyl (C=O) groups is 1. The van der Waals surface area contributed by atoms with Gasteiger partial charge in [-0.15, -0.1) is 0 Å². The molecule has 62 valence electrons. The van der Waals surface area contributed by atoms with E-state index in [-0.39, 0.29) is 18.7 Å². The molecule has 0 spiro atoms. The van der Waals surface area contributed by atoms with Gasteiger partial charge in [0.25, 0.3) is 0 Å². The average molecular weight is 156 g/mol. The molecule has 2 aliphatic rings. The quantitative estimate of drug-likeness (QED) is 0.556. The molecular formula is C8H12O3. The predicted octanol–water partition coefficient (Wildman–Crippen LogP) is 0.320. The third-order valence-corrected chi connectivity index (χ3v) is 2.82. The van der Waals surface area contributed by atoms with Gasteiger partial charge in [-0.3, -0.25) is 4.79 Å². The molecule has 0 aromatic rings. The van der Waals surface area contributed by atoms with Crippen molar-refractivity contribution in [3.8, 4) is 0 Å². The summed E-state index contributed by atoms with van der Waals surface area (Å²) in [7, 11) is 0. The first-order chi connectivity index (χ1) is 5.31. The molecule has 1 aliphatic carbocycles. The van der Waals surface area contributed by atoms with E-state index in [1.54, 1.807) is 0 Å². The molecule has 1 N–H and O–H groups in total. The molecule has 3 nitrogen and oxygen atoms in total. The maximum absolute atomic E-state index is 10.8. The summed E-state index contributed by atoms with van der Waals surface area (Å²) in [6, 6.07) is 0. The van der Waals surface area contributed by atoms with Gasteiger partial charge in [0, 0.05) is 12.5 Å². The minimum absolute atomic E-state index is 0.0850. The largest absolute Gasteiger partial charge is 0.462 e. The minimum Gasteiger partial charge on any atom is -0.462 e. The van der Waals surface area contributed by atoms with Gasteiger partial charge < -0.3 is 9.84 Å². The summed E-state index contributed by atoms with van der Waals surface area (Å²) >= 11 is 0. The number of ether oxygens (including phenoxy) is 1. The Morgan fingerprint density at radius 2 is 2.36 bits per heavy atom. The Bertz CT molecular complexity index is 178. The number of hydrogen-bond acceptors (Lipinski definition) is 3. The van der Waals surface area contributed by atoms with E-state index in [1.165, 1.54) is 0 Å². The Labute approximate surface area is 65.4 Å². The van der Waals surface area contributed by atoms with Crippen molar-refractivity contribution in [2.45, 2.75) is 25.4 Å². The van der Waals surface area contributed by atoms with Crippen molar-refractivity contribution < 1.29 is 14.6 Å². The van der Waals surface area contributed by atoms with Crippen LogP contribution in [0.1, 0.15) is 19.3 Å². The zero-order valence-corrected chi connectivity index (χ0v) is 6.32. The highest BCUT2D eigenvalue weighted by Crippen LogP contribution is 2.40. The molecular weight excluding hydrogens is 144 g/mol. The summed E-state index contributed by atoms with van der Waals surface area (Å²) < 4.78 is 5.07. The van der Waals surface area contributed by atoms with Gasteiger partial charge in [-0.2, -0.15) is 0 Å². The summed E-state index contributed by atoms with van der Waals surface area (Å²) in [5.41, 5.74) is 0. The Morgan fingerprint density at radius 3 is 3.09 bits per heavy atom. The van der Waals surface area contributed by atoms with Gasteiger partial charge in [-0.1, -0.05) is 0 Å². The van der Waals surface area contributed by atoms with Gasteiger partial charge in [0.15, 0.2) is 0 Å². The Hall–Kier alpha value is -0.570.